The quantitative estimate of drug-likeness (QED) is 0.647. The van der Waals surface area contributed by atoms with Crippen molar-refractivity contribution in [3.8, 4) is 12.3 Å². The van der Waals surface area contributed by atoms with Crippen LogP contribution < -0.4 is 10.6 Å². The van der Waals surface area contributed by atoms with Gasteiger partial charge in [0.1, 0.15) is 0 Å². The lowest BCUT2D eigenvalue weighted by molar-refractivity contribution is -0.00232. The molecule has 0 bridgehead atoms. The second kappa shape index (κ2) is 8.45. The van der Waals surface area contributed by atoms with E-state index in [1.807, 2.05) is 12.1 Å². The highest BCUT2D eigenvalue weighted by atomic mass is 16.5. The molecule has 2 atom stereocenters. The van der Waals surface area contributed by atoms with Crippen molar-refractivity contribution in [3.05, 3.63) is 29.8 Å². The van der Waals surface area contributed by atoms with Crippen LogP contribution in [-0.4, -0.2) is 25.3 Å². The SMILES string of the molecule is C#Cc1cccc(NC(=O)NCCOC2CCCCC2C)c1. The molecule has 118 valence electrons. The van der Waals surface area contributed by atoms with Crippen molar-refractivity contribution >= 4 is 11.7 Å². The highest BCUT2D eigenvalue weighted by molar-refractivity contribution is 5.89. The van der Waals surface area contributed by atoms with E-state index in [1.165, 1.54) is 19.3 Å². The van der Waals surface area contributed by atoms with Crippen molar-refractivity contribution < 1.29 is 9.53 Å². The fourth-order valence-electron chi connectivity index (χ4n) is 2.77. The lowest BCUT2D eigenvalue weighted by Gasteiger charge is -2.28. The van der Waals surface area contributed by atoms with Crippen molar-refractivity contribution in [3.63, 3.8) is 0 Å². The summed E-state index contributed by atoms with van der Waals surface area (Å²) in [5.41, 5.74) is 1.43. The number of hydrogen-bond donors (Lipinski definition) is 2. The van der Waals surface area contributed by atoms with Crippen LogP contribution in [0.1, 0.15) is 38.2 Å². The molecule has 0 radical (unpaired) electrons. The van der Waals surface area contributed by atoms with E-state index in [2.05, 4.69) is 23.5 Å². The fraction of sp³-hybridized carbons (Fsp3) is 0.500. The first-order valence-corrected chi connectivity index (χ1v) is 7.92. The van der Waals surface area contributed by atoms with E-state index in [-0.39, 0.29) is 6.03 Å². The first kappa shape index (κ1) is 16.4. The van der Waals surface area contributed by atoms with Crippen molar-refractivity contribution in [2.24, 2.45) is 5.92 Å². The van der Waals surface area contributed by atoms with Gasteiger partial charge in [-0.1, -0.05) is 31.8 Å². The number of terminal acetylenes is 1. The average molecular weight is 300 g/mol. The van der Waals surface area contributed by atoms with Gasteiger partial charge >= 0.3 is 6.03 Å². The van der Waals surface area contributed by atoms with Crippen LogP contribution in [0.2, 0.25) is 0 Å². The van der Waals surface area contributed by atoms with Crippen molar-refractivity contribution in [1.82, 2.24) is 5.32 Å². The van der Waals surface area contributed by atoms with E-state index >= 15 is 0 Å². The summed E-state index contributed by atoms with van der Waals surface area (Å²) >= 11 is 0. The molecule has 1 aliphatic carbocycles. The molecule has 1 aromatic carbocycles. The van der Waals surface area contributed by atoms with E-state index in [1.54, 1.807) is 12.1 Å². The summed E-state index contributed by atoms with van der Waals surface area (Å²) in [5, 5.41) is 5.56. The molecular weight excluding hydrogens is 276 g/mol. The lowest BCUT2D eigenvalue weighted by Crippen LogP contribution is -2.34. The molecule has 1 aromatic rings. The van der Waals surface area contributed by atoms with Crippen molar-refractivity contribution in [2.75, 3.05) is 18.5 Å². The van der Waals surface area contributed by atoms with Gasteiger partial charge in [-0.25, -0.2) is 4.79 Å². The van der Waals surface area contributed by atoms with Crippen molar-refractivity contribution in [1.29, 1.82) is 0 Å². The molecule has 1 fully saturated rings. The number of amides is 2. The third-order valence-electron chi connectivity index (χ3n) is 4.04. The van der Waals surface area contributed by atoms with Crippen LogP contribution in [0.4, 0.5) is 10.5 Å². The van der Waals surface area contributed by atoms with Gasteiger partial charge < -0.3 is 15.4 Å². The number of benzene rings is 1. The summed E-state index contributed by atoms with van der Waals surface area (Å²) in [6, 6.07) is 6.97. The summed E-state index contributed by atoms with van der Waals surface area (Å²) in [6.07, 6.45) is 10.6. The Kier molecular flexibility index (Phi) is 6.29. The highest BCUT2D eigenvalue weighted by Crippen LogP contribution is 2.25. The van der Waals surface area contributed by atoms with Crippen molar-refractivity contribution in [2.45, 2.75) is 38.7 Å². The predicted octanol–water partition coefficient (Wildman–Crippen LogP) is 3.38. The summed E-state index contributed by atoms with van der Waals surface area (Å²) in [6.45, 7) is 3.29. The Labute approximate surface area is 132 Å². The maximum atomic E-state index is 11.8. The second-order valence-electron chi connectivity index (χ2n) is 5.78. The molecule has 0 aromatic heterocycles. The zero-order chi connectivity index (χ0) is 15.8. The summed E-state index contributed by atoms with van der Waals surface area (Å²) in [7, 11) is 0. The monoisotopic (exact) mass is 300 g/mol. The van der Waals surface area contributed by atoms with Gasteiger partial charge in [0.05, 0.1) is 12.7 Å². The van der Waals surface area contributed by atoms with Gasteiger partial charge in [0, 0.05) is 17.8 Å². The highest BCUT2D eigenvalue weighted by Gasteiger charge is 2.21. The Morgan fingerprint density at radius 1 is 1.41 bits per heavy atom. The molecule has 0 aliphatic heterocycles. The molecule has 0 heterocycles. The zero-order valence-corrected chi connectivity index (χ0v) is 13.1. The molecular formula is C18H24N2O2. The standard InChI is InChI=1S/C18H24N2O2/c1-3-15-8-6-9-16(13-15)20-18(21)19-11-12-22-17-10-5-4-7-14(17)2/h1,6,8-9,13-14,17H,4-5,7,10-12H2,2H3,(H2,19,20,21). The number of nitrogens with one attached hydrogen (secondary N) is 2. The van der Waals surface area contributed by atoms with Gasteiger partial charge in [-0.3, -0.25) is 0 Å². The molecule has 2 amide bonds. The van der Waals surface area contributed by atoms with Crippen LogP contribution in [-0.2, 0) is 4.74 Å². The van der Waals surface area contributed by atoms with Crippen LogP contribution in [0.15, 0.2) is 24.3 Å². The van der Waals surface area contributed by atoms with Gasteiger partial charge in [0.15, 0.2) is 0 Å². The molecule has 2 N–H and O–H groups in total. The number of carbonyl (C=O) groups excluding carboxylic acids is 1. The molecule has 0 spiro atoms. The van der Waals surface area contributed by atoms with Gasteiger partial charge in [-0.15, -0.1) is 6.42 Å². The molecule has 1 saturated carbocycles. The largest absolute Gasteiger partial charge is 0.376 e. The number of ether oxygens (including phenoxy) is 1. The number of carbonyl (C=O) groups is 1. The third kappa shape index (κ3) is 5.09. The minimum Gasteiger partial charge on any atom is -0.376 e. The average Bonchev–Trinajstić information content (AvgIpc) is 2.53. The number of anilines is 1. The molecule has 4 nitrogen and oxygen atoms in total. The van der Waals surface area contributed by atoms with Crippen LogP contribution >= 0.6 is 0 Å². The smallest absolute Gasteiger partial charge is 0.319 e. The van der Waals surface area contributed by atoms with Crippen LogP contribution in [0.3, 0.4) is 0 Å². The fourth-order valence-corrected chi connectivity index (χ4v) is 2.77. The maximum absolute atomic E-state index is 11.8. The minimum absolute atomic E-state index is 0.241. The Morgan fingerprint density at radius 2 is 2.23 bits per heavy atom. The number of urea groups is 1. The first-order valence-electron chi connectivity index (χ1n) is 7.92. The molecule has 4 heteroatoms. The Bertz CT molecular complexity index is 536. The summed E-state index contributed by atoms with van der Waals surface area (Å²) < 4.78 is 5.86. The van der Waals surface area contributed by atoms with Crippen LogP contribution in [0.5, 0.6) is 0 Å². The maximum Gasteiger partial charge on any atom is 0.319 e. The molecule has 2 unspecified atom stereocenters. The van der Waals surface area contributed by atoms with E-state index in [0.717, 1.165) is 12.0 Å². The van der Waals surface area contributed by atoms with E-state index < -0.39 is 0 Å². The van der Waals surface area contributed by atoms with E-state index in [0.29, 0.717) is 30.9 Å². The summed E-state index contributed by atoms with van der Waals surface area (Å²) in [5.74, 6) is 3.16. The van der Waals surface area contributed by atoms with Gasteiger partial charge in [0.2, 0.25) is 0 Å². The molecule has 1 aliphatic rings. The Morgan fingerprint density at radius 3 is 3.00 bits per heavy atom. The third-order valence-corrected chi connectivity index (χ3v) is 4.04. The predicted molar refractivity (Wildman–Crippen MR) is 88.8 cm³/mol. The molecule has 0 saturated heterocycles. The van der Waals surface area contributed by atoms with E-state index in [9.17, 15) is 4.79 Å². The minimum atomic E-state index is -0.241. The summed E-state index contributed by atoms with van der Waals surface area (Å²) in [4.78, 5) is 11.8. The number of rotatable bonds is 5. The topological polar surface area (TPSA) is 50.4 Å². The second-order valence-corrected chi connectivity index (χ2v) is 5.78. The van der Waals surface area contributed by atoms with Gasteiger partial charge in [-0.05, 0) is 37.0 Å². The first-order chi connectivity index (χ1) is 10.7. The van der Waals surface area contributed by atoms with Gasteiger partial charge in [-0.2, -0.15) is 0 Å². The Balaban J connectivity index is 1.66. The number of hydrogen-bond acceptors (Lipinski definition) is 2. The zero-order valence-electron chi connectivity index (χ0n) is 13.1. The lowest BCUT2D eigenvalue weighted by atomic mass is 9.88. The molecule has 2 rings (SSSR count). The van der Waals surface area contributed by atoms with E-state index in [4.69, 9.17) is 11.2 Å². The Hall–Kier alpha value is -1.99. The molecule has 22 heavy (non-hydrogen) atoms. The van der Waals surface area contributed by atoms with Gasteiger partial charge in [0.25, 0.3) is 0 Å². The normalized spacial score (nSPS) is 20.9. The van der Waals surface area contributed by atoms with Crippen LogP contribution in [0, 0.1) is 18.3 Å². The van der Waals surface area contributed by atoms with Crippen LogP contribution in [0.25, 0.3) is 0 Å².